The number of rotatable bonds is 11. The van der Waals surface area contributed by atoms with Gasteiger partial charge in [0.05, 0.1) is 18.6 Å². The van der Waals surface area contributed by atoms with Gasteiger partial charge in [-0.3, -0.25) is 23.6 Å². The first-order chi connectivity index (χ1) is 15.4. The lowest BCUT2D eigenvalue weighted by atomic mass is 9.99. The van der Waals surface area contributed by atoms with E-state index in [0.717, 1.165) is 32.4 Å². The fourth-order valence-electron chi connectivity index (χ4n) is 4.29. The first kappa shape index (κ1) is 23.9. The first-order valence-corrected chi connectivity index (χ1v) is 11.6. The fourth-order valence-corrected chi connectivity index (χ4v) is 4.29. The van der Waals surface area contributed by atoms with E-state index in [1.54, 1.807) is 0 Å². The van der Waals surface area contributed by atoms with Crippen LogP contribution in [-0.2, 0) is 29.0 Å². The van der Waals surface area contributed by atoms with Crippen molar-refractivity contribution in [1.82, 2.24) is 19.9 Å². The standard InChI is InChI=1S/C24H34N4O4/c1-4-22-26-32-24(31)28(22)16-21(29)19(15-17(2)3)25-23(30)20-11-8-13-27(20)14-12-18-9-6-5-7-10-18/h5-7,9-10,17,19-20H,4,8,11-16H2,1-3H3,(H,25,30)/t19-,20-/m0/s1. The van der Waals surface area contributed by atoms with Gasteiger partial charge in [0.2, 0.25) is 5.91 Å². The second-order valence-electron chi connectivity index (χ2n) is 8.89. The van der Waals surface area contributed by atoms with Crippen molar-refractivity contribution in [2.24, 2.45) is 5.92 Å². The summed E-state index contributed by atoms with van der Waals surface area (Å²) >= 11 is 0. The average Bonchev–Trinajstić information content (AvgIpc) is 3.39. The highest BCUT2D eigenvalue weighted by molar-refractivity contribution is 5.91. The number of Topliss-reactive ketones (excluding diaryl/α,β-unsaturated/α-hetero) is 1. The third kappa shape index (κ3) is 6.16. The fraction of sp³-hybridized carbons (Fsp3) is 0.583. The lowest BCUT2D eigenvalue weighted by Gasteiger charge is -2.27. The third-order valence-electron chi connectivity index (χ3n) is 6.00. The summed E-state index contributed by atoms with van der Waals surface area (Å²) in [5.74, 6) is -0.316. The van der Waals surface area contributed by atoms with E-state index in [1.165, 1.54) is 10.1 Å². The summed E-state index contributed by atoms with van der Waals surface area (Å²) in [6, 6.07) is 9.36. The Morgan fingerprint density at radius 2 is 2.00 bits per heavy atom. The lowest BCUT2D eigenvalue weighted by Crippen LogP contribution is -2.51. The summed E-state index contributed by atoms with van der Waals surface area (Å²) < 4.78 is 5.95. The van der Waals surface area contributed by atoms with Crippen LogP contribution in [0.2, 0.25) is 0 Å². The van der Waals surface area contributed by atoms with E-state index in [-0.39, 0.29) is 30.2 Å². The Morgan fingerprint density at radius 3 is 2.69 bits per heavy atom. The van der Waals surface area contributed by atoms with Crippen molar-refractivity contribution in [3.05, 3.63) is 52.3 Å². The molecule has 2 heterocycles. The number of hydrogen-bond acceptors (Lipinski definition) is 6. The molecule has 1 aromatic heterocycles. The molecule has 32 heavy (non-hydrogen) atoms. The summed E-state index contributed by atoms with van der Waals surface area (Å²) in [6.07, 6.45) is 3.64. The van der Waals surface area contributed by atoms with E-state index >= 15 is 0 Å². The van der Waals surface area contributed by atoms with E-state index in [4.69, 9.17) is 4.52 Å². The van der Waals surface area contributed by atoms with E-state index in [9.17, 15) is 14.4 Å². The molecule has 1 aromatic carbocycles. The first-order valence-electron chi connectivity index (χ1n) is 11.6. The van der Waals surface area contributed by atoms with Gasteiger partial charge in [0.15, 0.2) is 11.6 Å². The lowest BCUT2D eigenvalue weighted by molar-refractivity contribution is -0.131. The summed E-state index contributed by atoms with van der Waals surface area (Å²) in [6.45, 7) is 7.40. The molecule has 1 fully saturated rings. The average molecular weight is 443 g/mol. The zero-order valence-corrected chi connectivity index (χ0v) is 19.3. The maximum Gasteiger partial charge on any atom is 0.442 e. The van der Waals surface area contributed by atoms with Gasteiger partial charge in [0.1, 0.15) is 0 Å². The van der Waals surface area contributed by atoms with Crippen molar-refractivity contribution in [3.8, 4) is 0 Å². The van der Waals surface area contributed by atoms with Crippen LogP contribution >= 0.6 is 0 Å². The van der Waals surface area contributed by atoms with Gasteiger partial charge in [-0.05, 0) is 43.7 Å². The Balaban J connectivity index is 1.64. The number of amides is 1. The minimum Gasteiger partial charge on any atom is -0.345 e. The number of aromatic nitrogens is 2. The molecule has 8 heteroatoms. The SMILES string of the molecule is CCc1noc(=O)n1CC(=O)[C@H](CC(C)C)NC(=O)[C@@H]1CCCN1CCc1ccccc1. The molecule has 2 aromatic rings. The number of hydrogen-bond donors (Lipinski definition) is 1. The molecule has 0 spiro atoms. The van der Waals surface area contributed by atoms with E-state index in [1.807, 2.05) is 39.0 Å². The smallest absolute Gasteiger partial charge is 0.345 e. The van der Waals surface area contributed by atoms with Gasteiger partial charge >= 0.3 is 5.76 Å². The van der Waals surface area contributed by atoms with Crippen molar-refractivity contribution in [1.29, 1.82) is 0 Å². The highest BCUT2D eigenvalue weighted by Gasteiger charge is 2.33. The monoisotopic (exact) mass is 442 g/mol. The van der Waals surface area contributed by atoms with Gasteiger partial charge in [-0.25, -0.2) is 4.79 Å². The second kappa shape index (κ2) is 11.2. The molecule has 174 valence electrons. The zero-order valence-electron chi connectivity index (χ0n) is 19.3. The molecule has 1 N–H and O–H groups in total. The van der Waals surface area contributed by atoms with E-state index in [2.05, 4.69) is 27.5 Å². The van der Waals surface area contributed by atoms with Crippen molar-refractivity contribution in [3.63, 3.8) is 0 Å². The molecule has 1 aliphatic rings. The van der Waals surface area contributed by atoms with Crippen molar-refractivity contribution in [2.75, 3.05) is 13.1 Å². The number of ketones is 1. The maximum absolute atomic E-state index is 13.2. The molecular weight excluding hydrogens is 408 g/mol. The number of benzene rings is 1. The molecule has 0 radical (unpaired) electrons. The van der Waals surface area contributed by atoms with Crippen LogP contribution in [0.5, 0.6) is 0 Å². The molecule has 3 rings (SSSR count). The molecule has 0 bridgehead atoms. The van der Waals surface area contributed by atoms with Crippen LogP contribution < -0.4 is 11.1 Å². The van der Waals surface area contributed by atoms with Gasteiger partial charge < -0.3 is 5.32 Å². The quantitative estimate of drug-likeness (QED) is 0.573. The van der Waals surface area contributed by atoms with Crippen molar-refractivity contribution in [2.45, 2.75) is 71.5 Å². The van der Waals surface area contributed by atoms with Crippen LogP contribution in [-0.4, -0.2) is 51.5 Å². The summed E-state index contributed by atoms with van der Waals surface area (Å²) in [5, 5.41) is 6.71. The highest BCUT2D eigenvalue weighted by atomic mass is 16.5. The van der Waals surface area contributed by atoms with Crippen molar-refractivity contribution >= 4 is 11.7 Å². The zero-order chi connectivity index (χ0) is 23.1. The Hall–Kier alpha value is -2.74. The molecule has 0 saturated carbocycles. The van der Waals surface area contributed by atoms with Crippen molar-refractivity contribution < 1.29 is 14.1 Å². The van der Waals surface area contributed by atoms with Gasteiger partial charge in [0.25, 0.3) is 0 Å². The molecule has 1 aliphatic heterocycles. The van der Waals surface area contributed by atoms with Crippen LogP contribution in [0, 0.1) is 5.92 Å². The molecule has 0 aliphatic carbocycles. The van der Waals surface area contributed by atoms with Gasteiger partial charge in [-0.2, -0.15) is 0 Å². The predicted octanol–water partition coefficient (Wildman–Crippen LogP) is 2.21. The highest BCUT2D eigenvalue weighted by Crippen LogP contribution is 2.19. The van der Waals surface area contributed by atoms with Crippen LogP contribution in [0.4, 0.5) is 0 Å². The van der Waals surface area contributed by atoms with Crippen LogP contribution in [0.1, 0.15) is 51.4 Å². The van der Waals surface area contributed by atoms with E-state index in [0.29, 0.717) is 18.7 Å². The summed E-state index contributed by atoms with van der Waals surface area (Å²) in [7, 11) is 0. The normalized spacial score (nSPS) is 17.6. The van der Waals surface area contributed by atoms with Crippen LogP contribution in [0.25, 0.3) is 0 Å². The van der Waals surface area contributed by atoms with Gasteiger partial charge in [-0.15, -0.1) is 0 Å². The molecule has 1 saturated heterocycles. The number of likely N-dealkylation sites (tertiary alicyclic amines) is 1. The largest absolute Gasteiger partial charge is 0.442 e. The van der Waals surface area contributed by atoms with Gasteiger partial charge in [-0.1, -0.05) is 56.3 Å². The molecular formula is C24H34N4O4. The second-order valence-corrected chi connectivity index (χ2v) is 8.89. The number of aryl methyl sites for hydroxylation is 1. The molecule has 8 nitrogen and oxygen atoms in total. The molecule has 2 atom stereocenters. The predicted molar refractivity (Wildman–Crippen MR) is 121 cm³/mol. The Morgan fingerprint density at radius 1 is 1.25 bits per heavy atom. The third-order valence-corrected chi connectivity index (χ3v) is 6.00. The Bertz CT molecular complexity index is 950. The van der Waals surface area contributed by atoms with Crippen LogP contribution in [0.3, 0.4) is 0 Å². The number of carbonyl (C=O) groups is 2. The summed E-state index contributed by atoms with van der Waals surface area (Å²) in [5.41, 5.74) is 1.25. The maximum atomic E-state index is 13.2. The topological polar surface area (TPSA) is 97.4 Å². The molecule has 1 amide bonds. The van der Waals surface area contributed by atoms with Gasteiger partial charge in [0, 0.05) is 13.0 Å². The molecule has 0 unspecified atom stereocenters. The minimum atomic E-state index is -0.648. The van der Waals surface area contributed by atoms with Crippen LogP contribution in [0.15, 0.2) is 39.6 Å². The summed E-state index contributed by atoms with van der Waals surface area (Å²) in [4.78, 5) is 40.3. The number of carbonyl (C=O) groups excluding carboxylic acids is 2. The number of nitrogens with one attached hydrogen (secondary N) is 1. The Labute approximate surface area is 189 Å². The Kier molecular flexibility index (Phi) is 8.39. The number of nitrogens with zero attached hydrogens (tertiary/aromatic N) is 3. The minimum absolute atomic E-state index is 0.108. The van der Waals surface area contributed by atoms with E-state index < -0.39 is 11.8 Å².